The Hall–Kier alpha value is -1.86. The molecule has 1 saturated heterocycles. The third-order valence-corrected chi connectivity index (χ3v) is 5.56. The van der Waals surface area contributed by atoms with Gasteiger partial charge >= 0.3 is 0 Å². The molecule has 6 nitrogen and oxygen atoms in total. The quantitative estimate of drug-likeness (QED) is 0.807. The molecule has 144 valence electrons. The SMILES string of the molecule is O=C(c1cccn(Cc2c(Cl)cccc2Cl)c1=O)N1CC[C@@H](O)[C@@H](CO)C1. The first kappa shape index (κ1) is 19.9. The summed E-state index contributed by atoms with van der Waals surface area (Å²) in [7, 11) is 0. The van der Waals surface area contributed by atoms with Crippen LogP contribution >= 0.6 is 23.2 Å². The molecule has 1 aromatic carbocycles. The second-order valence-electron chi connectivity index (χ2n) is 6.60. The molecule has 0 unspecified atom stereocenters. The Morgan fingerprint density at radius 1 is 1.19 bits per heavy atom. The molecule has 1 aromatic heterocycles. The van der Waals surface area contributed by atoms with Crippen LogP contribution in [0.2, 0.25) is 10.0 Å². The maximum Gasteiger partial charge on any atom is 0.263 e. The van der Waals surface area contributed by atoms with Gasteiger partial charge in [0, 0.05) is 40.8 Å². The number of hydrogen-bond donors (Lipinski definition) is 2. The van der Waals surface area contributed by atoms with Crippen LogP contribution in [0.15, 0.2) is 41.3 Å². The number of hydrogen-bond acceptors (Lipinski definition) is 4. The lowest BCUT2D eigenvalue weighted by Crippen LogP contribution is -2.48. The molecular weight excluding hydrogens is 391 g/mol. The number of aliphatic hydroxyl groups excluding tert-OH is 2. The van der Waals surface area contributed by atoms with Crippen LogP contribution in [0.25, 0.3) is 0 Å². The van der Waals surface area contributed by atoms with Gasteiger partial charge in [0.25, 0.3) is 11.5 Å². The zero-order valence-electron chi connectivity index (χ0n) is 14.5. The van der Waals surface area contributed by atoms with Crippen LogP contribution in [-0.4, -0.2) is 51.4 Å². The van der Waals surface area contributed by atoms with Gasteiger partial charge in [-0.3, -0.25) is 9.59 Å². The first-order valence-corrected chi connectivity index (χ1v) is 9.38. The largest absolute Gasteiger partial charge is 0.396 e. The van der Waals surface area contributed by atoms with Gasteiger partial charge in [-0.25, -0.2) is 0 Å². The van der Waals surface area contributed by atoms with Crippen molar-refractivity contribution in [3.8, 4) is 0 Å². The average molecular weight is 411 g/mol. The highest BCUT2D eigenvalue weighted by atomic mass is 35.5. The Balaban J connectivity index is 1.87. The summed E-state index contributed by atoms with van der Waals surface area (Å²) in [6.07, 6.45) is 1.30. The fourth-order valence-corrected chi connectivity index (χ4v) is 3.75. The average Bonchev–Trinajstić information content (AvgIpc) is 2.66. The van der Waals surface area contributed by atoms with E-state index in [0.29, 0.717) is 28.6 Å². The summed E-state index contributed by atoms with van der Waals surface area (Å²) in [6.45, 7) is 0.480. The van der Waals surface area contributed by atoms with E-state index in [-0.39, 0.29) is 25.3 Å². The first-order valence-electron chi connectivity index (χ1n) is 8.63. The lowest BCUT2D eigenvalue weighted by atomic mass is 9.95. The van der Waals surface area contributed by atoms with E-state index in [1.54, 1.807) is 30.5 Å². The van der Waals surface area contributed by atoms with Gasteiger partial charge in [-0.2, -0.15) is 0 Å². The second kappa shape index (κ2) is 8.44. The van der Waals surface area contributed by atoms with E-state index < -0.39 is 23.5 Å². The van der Waals surface area contributed by atoms with Crippen LogP contribution in [0.5, 0.6) is 0 Å². The molecule has 1 aliphatic heterocycles. The van der Waals surface area contributed by atoms with Gasteiger partial charge in [-0.1, -0.05) is 29.3 Å². The van der Waals surface area contributed by atoms with Gasteiger partial charge in [0.1, 0.15) is 5.56 Å². The lowest BCUT2D eigenvalue weighted by Gasteiger charge is -2.35. The summed E-state index contributed by atoms with van der Waals surface area (Å²) in [6, 6.07) is 8.21. The predicted octanol–water partition coefficient (Wildman–Crippen LogP) is 2.02. The molecule has 2 atom stereocenters. The third kappa shape index (κ3) is 4.19. The molecule has 2 N–H and O–H groups in total. The van der Waals surface area contributed by atoms with Crippen molar-refractivity contribution in [2.75, 3.05) is 19.7 Å². The fraction of sp³-hybridized carbons (Fsp3) is 0.368. The van der Waals surface area contributed by atoms with Gasteiger partial charge in [0.05, 0.1) is 19.3 Å². The number of rotatable bonds is 4. The third-order valence-electron chi connectivity index (χ3n) is 4.86. The zero-order chi connectivity index (χ0) is 19.6. The predicted molar refractivity (Wildman–Crippen MR) is 103 cm³/mol. The van der Waals surface area contributed by atoms with E-state index in [2.05, 4.69) is 0 Å². The van der Waals surface area contributed by atoms with Crippen molar-refractivity contribution < 1.29 is 15.0 Å². The van der Waals surface area contributed by atoms with Crippen LogP contribution in [0.3, 0.4) is 0 Å². The van der Waals surface area contributed by atoms with Gasteiger partial charge in [0.2, 0.25) is 0 Å². The Kier molecular flexibility index (Phi) is 6.22. The van der Waals surface area contributed by atoms with Crippen LogP contribution in [-0.2, 0) is 6.54 Å². The number of aliphatic hydroxyl groups is 2. The number of aromatic nitrogens is 1. The maximum atomic E-state index is 12.8. The molecule has 0 bridgehead atoms. The summed E-state index contributed by atoms with van der Waals surface area (Å²) in [5.74, 6) is -0.819. The monoisotopic (exact) mass is 410 g/mol. The number of nitrogens with zero attached hydrogens (tertiary/aromatic N) is 2. The fourth-order valence-electron chi connectivity index (χ4n) is 3.23. The van der Waals surface area contributed by atoms with Gasteiger partial charge in [-0.15, -0.1) is 0 Å². The molecule has 27 heavy (non-hydrogen) atoms. The minimum atomic E-state index is -0.645. The van der Waals surface area contributed by atoms with Gasteiger partial charge in [-0.05, 0) is 30.7 Å². The van der Waals surface area contributed by atoms with E-state index in [9.17, 15) is 19.8 Å². The zero-order valence-corrected chi connectivity index (χ0v) is 16.0. The molecule has 0 radical (unpaired) electrons. The Bertz CT molecular complexity index is 879. The minimum absolute atomic E-state index is 0.0359. The van der Waals surface area contributed by atoms with Crippen LogP contribution in [0.1, 0.15) is 22.3 Å². The molecule has 3 rings (SSSR count). The number of piperidine rings is 1. The van der Waals surface area contributed by atoms with Crippen LogP contribution in [0, 0.1) is 5.92 Å². The van der Waals surface area contributed by atoms with Gasteiger partial charge < -0.3 is 19.7 Å². The number of pyridine rings is 1. The van der Waals surface area contributed by atoms with Crippen LogP contribution < -0.4 is 5.56 Å². The number of likely N-dealkylation sites (tertiary alicyclic amines) is 1. The summed E-state index contributed by atoms with van der Waals surface area (Å²) in [4.78, 5) is 27.1. The second-order valence-corrected chi connectivity index (χ2v) is 7.42. The van der Waals surface area contributed by atoms with Crippen molar-refractivity contribution in [2.24, 2.45) is 5.92 Å². The molecule has 0 aliphatic carbocycles. The van der Waals surface area contributed by atoms with Crippen molar-refractivity contribution in [3.05, 3.63) is 68.1 Å². The number of halogens is 2. The van der Waals surface area contributed by atoms with E-state index >= 15 is 0 Å². The highest BCUT2D eigenvalue weighted by Crippen LogP contribution is 2.25. The number of carbonyl (C=O) groups excluding carboxylic acids is 1. The number of carbonyl (C=O) groups is 1. The normalized spacial score (nSPS) is 19.9. The van der Waals surface area contributed by atoms with Crippen molar-refractivity contribution in [1.82, 2.24) is 9.47 Å². The molecule has 1 fully saturated rings. The van der Waals surface area contributed by atoms with E-state index in [1.165, 1.54) is 15.5 Å². The Morgan fingerprint density at radius 2 is 1.89 bits per heavy atom. The first-order chi connectivity index (χ1) is 12.9. The van der Waals surface area contributed by atoms with Crippen molar-refractivity contribution in [1.29, 1.82) is 0 Å². The molecule has 1 amide bonds. The summed E-state index contributed by atoms with van der Waals surface area (Å²) < 4.78 is 1.39. The smallest absolute Gasteiger partial charge is 0.263 e. The maximum absolute atomic E-state index is 12.8. The van der Waals surface area contributed by atoms with Crippen LogP contribution in [0.4, 0.5) is 0 Å². The number of benzene rings is 1. The van der Waals surface area contributed by atoms with E-state index in [1.807, 2.05) is 0 Å². The standard InChI is InChI=1S/C19H20Cl2N2O4/c20-15-4-1-5-16(21)14(15)10-22-7-2-3-13(18(22)26)19(27)23-8-6-17(25)12(9-23)11-24/h1-5,7,12,17,24-25H,6,8-11H2/t12-,17-/m1/s1. The molecule has 1 aliphatic rings. The number of amides is 1. The summed E-state index contributed by atoms with van der Waals surface area (Å²) in [5, 5.41) is 20.1. The topological polar surface area (TPSA) is 82.8 Å². The summed E-state index contributed by atoms with van der Waals surface area (Å²) >= 11 is 12.4. The molecule has 0 spiro atoms. The Labute approximate surface area is 166 Å². The molecule has 2 aromatic rings. The van der Waals surface area contributed by atoms with E-state index in [0.717, 1.165) is 0 Å². The van der Waals surface area contributed by atoms with E-state index in [4.69, 9.17) is 23.2 Å². The van der Waals surface area contributed by atoms with Crippen molar-refractivity contribution >= 4 is 29.1 Å². The highest BCUT2D eigenvalue weighted by Gasteiger charge is 2.31. The lowest BCUT2D eigenvalue weighted by molar-refractivity contribution is 0.00336. The molecule has 2 heterocycles. The van der Waals surface area contributed by atoms with Gasteiger partial charge in [0.15, 0.2) is 0 Å². The summed E-state index contributed by atoms with van der Waals surface area (Å²) in [5.41, 5.74) is 0.202. The highest BCUT2D eigenvalue weighted by molar-refractivity contribution is 6.35. The van der Waals surface area contributed by atoms with Crippen molar-refractivity contribution in [2.45, 2.75) is 19.1 Å². The molecule has 0 saturated carbocycles. The van der Waals surface area contributed by atoms with Crippen molar-refractivity contribution in [3.63, 3.8) is 0 Å². The Morgan fingerprint density at radius 3 is 2.56 bits per heavy atom. The molecular formula is C19H20Cl2N2O4. The minimum Gasteiger partial charge on any atom is -0.396 e. The molecule has 8 heteroatoms.